The van der Waals surface area contributed by atoms with Gasteiger partial charge in [-0.1, -0.05) is 24.3 Å². The van der Waals surface area contributed by atoms with Crippen molar-refractivity contribution < 1.29 is 9.53 Å². The Morgan fingerprint density at radius 2 is 2.04 bits per heavy atom. The molecule has 5 nitrogen and oxygen atoms in total. The van der Waals surface area contributed by atoms with E-state index in [1.54, 1.807) is 19.2 Å². The summed E-state index contributed by atoms with van der Waals surface area (Å²) in [5.74, 6) is -0.476. The van der Waals surface area contributed by atoms with Crippen LogP contribution in [0.2, 0.25) is 0 Å². The van der Waals surface area contributed by atoms with Crippen LogP contribution < -0.4 is 5.73 Å². The molecule has 0 atom stereocenters. The number of carbonyl (C=O) groups excluding carboxylic acids is 1. The fourth-order valence-corrected chi connectivity index (χ4v) is 3.66. The summed E-state index contributed by atoms with van der Waals surface area (Å²) in [5, 5.41) is 11.1. The summed E-state index contributed by atoms with van der Waals surface area (Å²) < 4.78 is 7.36. The second-order valence-electron chi connectivity index (χ2n) is 6.62. The van der Waals surface area contributed by atoms with Gasteiger partial charge in [0.2, 0.25) is 5.91 Å². The van der Waals surface area contributed by atoms with Gasteiger partial charge in [0, 0.05) is 30.0 Å². The van der Waals surface area contributed by atoms with Crippen molar-refractivity contribution in [2.45, 2.75) is 13.2 Å². The Hall–Kier alpha value is -3.62. The van der Waals surface area contributed by atoms with E-state index < -0.39 is 5.91 Å². The molecule has 28 heavy (non-hydrogen) atoms. The molecule has 0 aliphatic rings. The van der Waals surface area contributed by atoms with Crippen molar-refractivity contribution in [3.8, 4) is 6.07 Å². The Balaban J connectivity index is 2.04. The largest absolute Gasteiger partial charge is 0.380 e. The molecule has 0 saturated heterocycles. The van der Waals surface area contributed by atoms with Crippen LogP contribution in [0.3, 0.4) is 0 Å². The smallest absolute Gasteiger partial charge is 0.249 e. The number of hydrogen-bond acceptors (Lipinski definition) is 3. The zero-order valence-electron chi connectivity index (χ0n) is 15.4. The molecule has 1 radical (unpaired) electrons. The van der Waals surface area contributed by atoms with Crippen LogP contribution in [-0.4, -0.2) is 17.6 Å². The summed E-state index contributed by atoms with van der Waals surface area (Å²) in [6, 6.07) is 22.5. The number of benzene rings is 3. The third-order valence-electron chi connectivity index (χ3n) is 4.90. The monoisotopic (exact) mass is 368 g/mol. The van der Waals surface area contributed by atoms with Crippen LogP contribution in [0.1, 0.15) is 27.0 Å². The third-order valence-corrected chi connectivity index (χ3v) is 4.90. The number of amides is 1. The molecule has 2 N–H and O–H groups in total. The van der Waals surface area contributed by atoms with Crippen LogP contribution in [0.4, 0.5) is 0 Å². The summed E-state index contributed by atoms with van der Waals surface area (Å²) >= 11 is 0. The van der Waals surface area contributed by atoms with Gasteiger partial charge in [0.25, 0.3) is 0 Å². The Morgan fingerprint density at radius 1 is 1.21 bits per heavy atom. The van der Waals surface area contributed by atoms with Crippen LogP contribution in [0.5, 0.6) is 0 Å². The van der Waals surface area contributed by atoms with E-state index in [0.29, 0.717) is 24.3 Å². The van der Waals surface area contributed by atoms with E-state index >= 15 is 0 Å². The van der Waals surface area contributed by atoms with Gasteiger partial charge in [-0.3, -0.25) is 4.79 Å². The van der Waals surface area contributed by atoms with Crippen LogP contribution in [0.15, 0.2) is 54.6 Å². The number of ether oxygens (including phenoxy) is 1. The molecule has 1 heterocycles. The van der Waals surface area contributed by atoms with Crippen molar-refractivity contribution in [3.63, 3.8) is 0 Å². The maximum atomic E-state index is 12.0. The Morgan fingerprint density at radius 3 is 2.79 bits per heavy atom. The first kappa shape index (κ1) is 17.8. The lowest BCUT2D eigenvalue weighted by Crippen LogP contribution is -2.11. The minimum absolute atomic E-state index is 0.463. The molecule has 1 aromatic heterocycles. The van der Waals surface area contributed by atoms with E-state index in [4.69, 9.17) is 10.5 Å². The fraction of sp³-hybridized carbons (Fsp3) is 0.130. The molecule has 1 amide bonds. The van der Waals surface area contributed by atoms with Crippen molar-refractivity contribution >= 4 is 27.7 Å². The second kappa shape index (κ2) is 7.18. The lowest BCUT2D eigenvalue weighted by Gasteiger charge is -2.10. The first-order valence-electron chi connectivity index (χ1n) is 8.86. The van der Waals surface area contributed by atoms with E-state index in [-0.39, 0.29) is 0 Å². The first-order chi connectivity index (χ1) is 13.6. The van der Waals surface area contributed by atoms with E-state index in [2.05, 4.69) is 16.7 Å². The van der Waals surface area contributed by atoms with Crippen molar-refractivity contribution in [3.05, 3.63) is 82.9 Å². The molecule has 4 aromatic rings. The zero-order chi connectivity index (χ0) is 19.7. The number of carbonyl (C=O) groups is 1. The van der Waals surface area contributed by atoms with Crippen LogP contribution in [-0.2, 0) is 17.9 Å². The summed E-state index contributed by atoms with van der Waals surface area (Å²) in [7, 11) is 1.65. The second-order valence-corrected chi connectivity index (χ2v) is 6.62. The highest BCUT2D eigenvalue weighted by Gasteiger charge is 2.17. The standard InChI is InChI=1S/C23H18N3O2/c1-28-14-15-9-10-18-21(11-15)26(13-17-6-3-2-5-16(17)12-24)20-8-4-7-19(22(18)20)23(25)27/h2-9,11H,13-14H2,1H3,(H2,25,27). The van der Waals surface area contributed by atoms with Crippen LogP contribution in [0.25, 0.3) is 21.8 Å². The molecule has 5 heteroatoms. The number of fused-ring (bicyclic) bond motifs is 3. The summed E-state index contributed by atoms with van der Waals surface area (Å²) in [6.07, 6.45) is 0. The highest BCUT2D eigenvalue weighted by atomic mass is 16.5. The van der Waals surface area contributed by atoms with Crippen LogP contribution in [0, 0.1) is 17.4 Å². The van der Waals surface area contributed by atoms with Crippen molar-refractivity contribution in [2.24, 2.45) is 5.73 Å². The number of primary amides is 1. The number of rotatable bonds is 5. The van der Waals surface area contributed by atoms with Gasteiger partial charge in [-0.15, -0.1) is 0 Å². The van der Waals surface area contributed by atoms with Gasteiger partial charge >= 0.3 is 0 Å². The Bertz CT molecular complexity index is 1250. The first-order valence-corrected chi connectivity index (χ1v) is 8.86. The minimum Gasteiger partial charge on any atom is -0.380 e. The van der Waals surface area contributed by atoms with Gasteiger partial charge in [-0.05, 0) is 47.5 Å². The maximum absolute atomic E-state index is 12.0. The molecule has 0 aliphatic heterocycles. The molecule has 0 aliphatic carbocycles. The van der Waals surface area contributed by atoms with Gasteiger partial charge in [-0.25, -0.2) is 0 Å². The zero-order valence-corrected chi connectivity index (χ0v) is 15.4. The minimum atomic E-state index is -0.476. The lowest BCUT2D eigenvalue weighted by atomic mass is 10.0. The molecule has 0 fully saturated rings. The molecular weight excluding hydrogens is 350 g/mol. The molecule has 0 spiro atoms. The van der Waals surface area contributed by atoms with Crippen molar-refractivity contribution in [1.82, 2.24) is 4.57 Å². The molecule has 0 saturated carbocycles. The summed E-state index contributed by atoms with van der Waals surface area (Å²) in [6.45, 7) is 0.960. The number of aromatic nitrogens is 1. The SMILES string of the molecule is COCc1c[c]c2c3c(C(N)=O)cccc3n(Cc3ccccc3C#N)c2c1. The number of nitrogens with two attached hydrogens (primary N) is 1. The summed E-state index contributed by atoms with van der Waals surface area (Å²) in [5.41, 5.74) is 10.4. The molecule has 0 bridgehead atoms. The Labute approximate surface area is 162 Å². The highest BCUT2D eigenvalue weighted by molar-refractivity contribution is 6.17. The fourth-order valence-electron chi connectivity index (χ4n) is 3.66. The quantitative estimate of drug-likeness (QED) is 0.582. The average molecular weight is 368 g/mol. The predicted molar refractivity (Wildman–Crippen MR) is 108 cm³/mol. The lowest BCUT2D eigenvalue weighted by molar-refractivity contribution is 0.100. The molecular formula is C23H18N3O2. The van der Waals surface area contributed by atoms with E-state index in [1.807, 2.05) is 42.5 Å². The number of methoxy groups -OCH3 is 1. The van der Waals surface area contributed by atoms with Gasteiger partial charge in [0.05, 0.1) is 29.3 Å². The molecule has 4 rings (SSSR count). The van der Waals surface area contributed by atoms with E-state index in [1.165, 1.54) is 0 Å². The molecule has 0 unspecified atom stereocenters. The predicted octanol–water partition coefficient (Wildman–Crippen LogP) is 3.76. The molecule has 137 valence electrons. The number of nitrogens with zero attached hydrogens (tertiary/aromatic N) is 2. The van der Waals surface area contributed by atoms with Gasteiger partial charge < -0.3 is 15.0 Å². The number of nitriles is 1. The molecule has 3 aromatic carbocycles. The third kappa shape index (κ3) is 2.90. The maximum Gasteiger partial charge on any atom is 0.249 e. The normalized spacial score (nSPS) is 11.0. The van der Waals surface area contributed by atoms with E-state index in [9.17, 15) is 10.1 Å². The van der Waals surface area contributed by atoms with Crippen molar-refractivity contribution in [1.29, 1.82) is 5.26 Å². The van der Waals surface area contributed by atoms with E-state index in [0.717, 1.165) is 32.9 Å². The summed E-state index contributed by atoms with van der Waals surface area (Å²) in [4.78, 5) is 12.0. The highest BCUT2D eigenvalue weighted by Crippen LogP contribution is 2.33. The topological polar surface area (TPSA) is 81.0 Å². The van der Waals surface area contributed by atoms with Crippen LogP contribution >= 0.6 is 0 Å². The Kier molecular flexibility index (Phi) is 4.56. The average Bonchev–Trinajstić information content (AvgIpc) is 3.02. The van der Waals surface area contributed by atoms with Gasteiger partial charge in [0.1, 0.15) is 0 Å². The van der Waals surface area contributed by atoms with Gasteiger partial charge in [0.15, 0.2) is 0 Å². The number of hydrogen-bond donors (Lipinski definition) is 1. The van der Waals surface area contributed by atoms with Gasteiger partial charge in [-0.2, -0.15) is 5.26 Å². The van der Waals surface area contributed by atoms with Crippen molar-refractivity contribution in [2.75, 3.05) is 7.11 Å².